The molecule has 3 nitrogen and oxygen atoms in total. The van der Waals surface area contributed by atoms with Crippen LogP contribution in [0.15, 0.2) is 30.3 Å². The minimum absolute atomic E-state index is 0.240. The van der Waals surface area contributed by atoms with Crippen LogP contribution in [0, 0.1) is 5.92 Å². The lowest BCUT2D eigenvalue weighted by atomic mass is 9.86. The van der Waals surface area contributed by atoms with E-state index in [-0.39, 0.29) is 12.0 Å². The Morgan fingerprint density at radius 3 is 2.43 bits per heavy atom. The van der Waals surface area contributed by atoms with Gasteiger partial charge in [-0.1, -0.05) is 44.2 Å². The van der Waals surface area contributed by atoms with Crippen molar-refractivity contribution in [1.82, 2.24) is 10.2 Å². The van der Waals surface area contributed by atoms with Gasteiger partial charge in [0.05, 0.1) is 6.10 Å². The maximum Gasteiger partial charge on any atom is 0.0611 e. The minimum atomic E-state index is -0.240. The Hall–Kier alpha value is -0.900. The molecule has 2 N–H and O–H groups in total. The topological polar surface area (TPSA) is 35.5 Å². The second-order valence-corrected chi connectivity index (χ2v) is 6.59. The molecule has 2 unspecified atom stereocenters. The van der Waals surface area contributed by atoms with Gasteiger partial charge >= 0.3 is 0 Å². The number of hydrogen-bond donors (Lipinski definition) is 2. The highest BCUT2D eigenvalue weighted by Crippen LogP contribution is 2.27. The molecule has 0 saturated carbocycles. The molecule has 0 bridgehead atoms. The highest BCUT2D eigenvalue weighted by Gasteiger charge is 2.23. The van der Waals surface area contributed by atoms with E-state index in [0.717, 1.165) is 45.6 Å². The van der Waals surface area contributed by atoms with Crippen LogP contribution in [0.25, 0.3) is 0 Å². The Labute approximate surface area is 129 Å². The van der Waals surface area contributed by atoms with Crippen LogP contribution >= 0.6 is 0 Å². The third-order valence-corrected chi connectivity index (χ3v) is 4.37. The van der Waals surface area contributed by atoms with E-state index in [2.05, 4.69) is 48.3 Å². The van der Waals surface area contributed by atoms with Gasteiger partial charge in [0.15, 0.2) is 0 Å². The summed E-state index contributed by atoms with van der Waals surface area (Å²) in [5.74, 6) is 0.786. The molecule has 3 heteroatoms. The van der Waals surface area contributed by atoms with E-state index in [9.17, 15) is 5.11 Å². The maximum absolute atomic E-state index is 10.6. The van der Waals surface area contributed by atoms with Crippen LogP contribution in [0.2, 0.25) is 0 Å². The molecule has 1 saturated heterocycles. The molecule has 0 spiro atoms. The first-order valence-corrected chi connectivity index (χ1v) is 8.33. The zero-order valence-electron chi connectivity index (χ0n) is 13.5. The molecule has 1 heterocycles. The lowest BCUT2D eigenvalue weighted by Gasteiger charge is -2.31. The number of piperazine rings is 1. The summed E-state index contributed by atoms with van der Waals surface area (Å²) in [6.45, 7) is 9.87. The van der Waals surface area contributed by atoms with Gasteiger partial charge in [0.25, 0.3) is 0 Å². The summed E-state index contributed by atoms with van der Waals surface area (Å²) in [6, 6.07) is 10.5. The lowest BCUT2D eigenvalue weighted by molar-refractivity contribution is 0.107. The summed E-state index contributed by atoms with van der Waals surface area (Å²) in [5.41, 5.74) is 1.28. The molecule has 118 valence electrons. The van der Waals surface area contributed by atoms with Crippen molar-refractivity contribution >= 4 is 0 Å². The van der Waals surface area contributed by atoms with Crippen molar-refractivity contribution in [2.75, 3.05) is 32.7 Å². The third-order valence-electron chi connectivity index (χ3n) is 4.37. The zero-order chi connectivity index (χ0) is 15.1. The van der Waals surface area contributed by atoms with Crippen LogP contribution in [0.4, 0.5) is 0 Å². The SMILES string of the molecule is CC(C)CC(O)C(CCN1CCNCC1)c1ccccc1. The van der Waals surface area contributed by atoms with Gasteiger partial charge in [0, 0.05) is 32.1 Å². The second-order valence-electron chi connectivity index (χ2n) is 6.59. The van der Waals surface area contributed by atoms with E-state index in [1.54, 1.807) is 0 Å². The highest BCUT2D eigenvalue weighted by molar-refractivity contribution is 5.20. The fourth-order valence-corrected chi connectivity index (χ4v) is 3.19. The first-order valence-electron chi connectivity index (χ1n) is 8.33. The van der Waals surface area contributed by atoms with Gasteiger partial charge in [0.2, 0.25) is 0 Å². The Morgan fingerprint density at radius 2 is 1.81 bits per heavy atom. The molecular formula is C18H30N2O. The van der Waals surface area contributed by atoms with Crippen molar-refractivity contribution in [1.29, 1.82) is 0 Å². The van der Waals surface area contributed by atoms with E-state index in [1.807, 2.05) is 6.07 Å². The maximum atomic E-state index is 10.6. The van der Waals surface area contributed by atoms with Crippen molar-refractivity contribution in [2.24, 2.45) is 5.92 Å². The summed E-state index contributed by atoms with van der Waals surface area (Å²) >= 11 is 0. The Kier molecular flexibility index (Phi) is 6.68. The molecule has 0 amide bonds. The molecule has 2 rings (SSSR count). The Bertz CT molecular complexity index is 387. The number of aliphatic hydroxyl groups excluding tert-OH is 1. The quantitative estimate of drug-likeness (QED) is 0.810. The number of aliphatic hydroxyl groups is 1. The second kappa shape index (κ2) is 8.52. The van der Waals surface area contributed by atoms with E-state index in [4.69, 9.17) is 0 Å². The molecule has 0 radical (unpaired) electrons. The van der Waals surface area contributed by atoms with Gasteiger partial charge in [-0.3, -0.25) is 0 Å². The van der Waals surface area contributed by atoms with E-state index in [0.29, 0.717) is 5.92 Å². The smallest absolute Gasteiger partial charge is 0.0611 e. The normalized spacial score (nSPS) is 19.6. The Balaban J connectivity index is 1.97. The van der Waals surface area contributed by atoms with Crippen molar-refractivity contribution in [2.45, 2.75) is 38.7 Å². The summed E-state index contributed by atoms with van der Waals surface area (Å²) in [7, 11) is 0. The number of nitrogens with zero attached hydrogens (tertiary/aromatic N) is 1. The van der Waals surface area contributed by atoms with Gasteiger partial charge in [-0.05, 0) is 30.9 Å². The molecule has 2 atom stereocenters. The first-order chi connectivity index (χ1) is 10.2. The van der Waals surface area contributed by atoms with Crippen LogP contribution in [0.3, 0.4) is 0 Å². The lowest BCUT2D eigenvalue weighted by Crippen LogP contribution is -2.44. The molecule has 1 aliphatic rings. The Morgan fingerprint density at radius 1 is 1.14 bits per heavy atom. The van der Waals surface area contributed by atoms with Crippen LogP contribution in [0.1, 0.15) is 38.2 Å². The largest absolute Gasteiger partial charge is 0.392 e. The summed E-state index contributed by atoms with van der Waals surface area (Å²) in [6.07, 6.45) is 1.68. The van der Waals surface area contributed by atoms with Gasteiger partial charge in [0.1, 0.15) is 0 Å². The minimum Gasteiger partial charge on any atom is -0.392 e. The van der Waals surface area contributed by atoms with Crippen LogP contribution in [-0.4, -0.2) is 48.8 Å². The summed E-state index contributed by atoms with van der Waals surface area (Å²) < 4.78 is 0. The van der Waals surface area contributed by atoms with Crippen LogP contribution < -0.4 is 5.32 Å². The average Bonchev–Trinajstić information content (AvgIpc) is 2.49. The number of benzene rings is 1. The fourth-order valence-electron chi connectivity index (χ4n) is 3.19. The average molecular weight is 290 g/mol. The number of nitrogens with one attached hydrogen (secondary N) is 1. The van der Waals surface area contributed by atoms with E-state index >= 15 is 0 Å². The van der Waals surface area contributed by atoms with E-state index < -0.39 is 0 Å². The van der Waals surface area contributed by atoms with Crippen molar-refractivity contribution in [3.63, 3.8) is 0 Å². The van der Waals surface area contributed by atoms with Crippen LogP contribution in [0.5, 0.6) is 0 Å². The first kappa shape index (κ1) is 16.5. The molecule has 1 aromatic carbocycles. The fraction of sp³-hybridized carbons (Fsp3) is 0.667. The van der Waals surface area contributed by atoms with Gasteiger partial charge < -0.3 is 15.3 Å². The number of hydrogen-bond acceptors (Lipinski definition) is 3. The van der Waals surface area contributed by atoms with Gasteiger partial charge in [-0.25, -0.2) is 0 Å². The monoisotopic (exact) mass is 290 g/mol. The predicted molar refractivity (Wildman–Crippen MR) is 88.6 cm³/mol. The molecule has 1 aliphatic heterocycles. The molecule has 1 fully saturated rings. The molecule has 0 aliphatic carbocycles. The molecular weight excluding hydrogens is 260 g/mol. The standard InChI is InChI=1S/C18H30N2O/c1-15(2)14-18(21)17(16-6-4-3-5-7-16)8-11-20-12-9-19-10-13-20/h3-7,15,17-19,21H,8-14H2,1-2H3. The van der Waals surface area contributed by atoms with Crippen molar-refractivity contribution < 1.29 is 5.11 Å². The van der Waals surface area contributed by atoms with Crippen molar-refractivity contribution in [3.05, 3.63) is 35.9 Å². The highest BCUT2D eigenvalue weighted by atomic mass is 16.3. The zero-order valence-corrected chi connectivity index (χ0v) is 13.5. The van der Waals surface area contributed by atoms with Gasteiger partial charge in [-0.15, -0.1) is 0 Å². The third kappa shape index (κ3) is 5.42. The summed E-state index contributed by atoms with van der Waals surface area (Å²) in [4.78, 5) is 2.51. The van der Waals surface area contributed by atoms with Gasteiger partial charge in [-0.2, -0.15) is 0 Å². The molecule has 0 aromatic heterocycles. The molecule has 21 heavy (non-hydrogen) atoms. The molecule has 1 aromatic rings. The summed E-state index contributed by atoms with van der Waals surface area (Å²) in [5, 5.41) is 14.0. The predicted octanol–water partition coefficient (Wildman–Crippen LogP) is 2.47. The van der Waals surface area contributed by atoms with Crippen molar-refractivity contribution in [3.8, 4) is 0 Å². The van der Waals surface area contributed by atoms with Crippen LogP contribution in [-0.2, 0) is 0 Å². The van der Waals surface area contributed by atoms with E-state index in [1.165, 1.54) is 5.56 Å². The number of rotatable bonds is 7.